The Morgan fingerprint density at radius 2 is 1.29 bits per heavy atom. The fourth-order valence-electron chi connectivity index (χ4n) is 1.82. The molecule has 0 bridgehead atoms. The van der Waals surface area contributed by atoms with Gasteiger partial charge in [-0.05, 0) is 23.3 Å². The Balaban J connectivity index is 2.49. The summed E-state index contributed by atoms with van der Waals surface area (Å²) in [5.74, 6) is 0. The molecule has 2 rings (SSSR count). The van der Waals surface area contributed by atoms with Crippen LogP contribution >= 0.6 is 23.2 Å². The van der Waals surface area contributed by atoms with E-state index in [-0.39, 0.29) is 5.41 Å². The van der Waals surface area contributed by atoms with Crippen LogP contribution in [0.4, 0.5) is 0 Å². The maximum absolute atomic E-state index is 5.98. The number of halogens is 2. The van der Waals surface area contributed by atoms with Gasteiger partial charge < -0.3 is 0 Å². The standard InChI is InChI=1S/C15H12Cl2/c1-15(2,11-5-3-7-13(16)9-11)12-6-4-8-14(17)10-12/h3-6,9-10H,1-2H3. The Hall–Kier alpha value is -0.980. The molecule has 0 saturated heterocycles. The predicted octanol–water partition coefficient (Wildman–Crippen LogP) is 4.92. The lowest BCUT2D eigenvalue weighted by molar-refractivity contribution is 0.641. The normalized spacial score (nSPS) is 11.5. The molecule has 2 heteroatoms. The Morgan fingerprint density at radius 3 is 1.65 bits per heavy atom. The van der Waals surface area contributed by atoms with Gasteiger partial charge in [0.2, 0.25) is 0 Å². The van der Waals surface area contributed by atoms with Crippen molar-refractivity contribution in [3.8, 4) is 0 Å². The molecule has 2 radical (unpaired) electrons. The summed E-state index contributed by atoms with van der Waals surface area (Å²) >= 11 is 12.0. The van der Waals surface area contributed by atoms with Gasteiger partial charge in [-0.2, -0.15) is 0 Å². The molecule has 0 saturated carbocycles. The minimum atomic E-state index is -0.141. The fraction of sp³-hybridized carbons (Fsp3) is 0.200. The zero-order chi connectivity index (χ0) is 12.5. The summed E-state index contributed by atoms with van der Waals surface area (Å²) in [5.41, 5.74) is 2.14. The molecule has 2 aromatic carbocycles. The number of benzene rings is 2. The molecular formula is C15H12Cl2. The molecular weight excluding hydrogens is 251 g/mol. The van der Waals surface area contributed by atoms with Gasteiger partial charge in [-0.1, -0.05) is 61.3 Å². The first-order valence-electron chi connectivity index (χ1n) is 5.35. The monoisotopic (exact) mass is 262 g/mol. The molecule has 0 aliphatic rings. The molecule has 0 atom stereocenters. The van der Waals surface area contributed by atoms with Gasteiger partial charge in [0, 0.05) is 27.6 Å². The molecule has 86 valence electrons. The molecule has 0 aliphatic carbocycles. The minimum Gasteiger partial charge on any atom is -0.0837 e. The highest BCUT2D eigenvalue weighted by Gasteiger charge is 2.23. The van der Waals surface area contributed by atoms with Crippen LogP contribution in [0.5, 0.6) is 0 Å². The maximum atomic E-state index is 5.98. The van der Waals surface area contributed by atoms with E-state index in [2.05, 4.69) is 26.0 Å². The lowest BCUT2D eigenvalue weighted by Gasteiger charge is -2.26. The summed E-state index contributed by atoms with van der Waals surface area (Å²) < 4.78 is 0. The molecule has 0 aliphatic heterocycles. The van der Waals surface area contributed by atoms with Crippen molar-refractivity contribution in [3.63, 3.8) is 0 Å². The molecule has 0 aromatic heterocycles. The Kier molecular flexibility index (Phi) is 3.46. The van der Waals surface area contributed by atoms with Crippen LogP contribution in [0.25, 0.3) is 0 Å². The summed E-state index contributed by atoms with van der Waals surface area (Å²) in [4.78, 5) is 0. The molecule has 2 aromatic rings. The van der Waals surface area contributed by atoms with Gasteiger partial charge in [0.1, 0.15) is 0 Å². The summed E-state index contributed by atoms with van der Waals surface area (Å²) in [6.07, 6.45) is 0. The first-order chi connectivity index (χ1) is 8.00. The highest BCUT2D eigenvalue weighted by molar-refractivity contribution is 6.30. The van der Waals surface area contributed by atoms with Gasteiger partial charge in [-0.25, -0.2) is 0 Å². The van der Waals surface area contributed by atoms with Crippen LogP contribution in [0.3, 0.4) is 0 Å². The van der Waals surface area contributed by atoms with Crippen molar-refractivity contribution in [1.29, 1.82) is 0 Å². The van der Waals surface area contributed by atoms with E-state index in [9.17, 15) is 0 Å². The van der Waals surface area contributed by atoms with Crippen molar-refractivity contribution < 1.29 is 0 Å². The Labute approximate surface area is 112 Å². The van der Waals surface area contributed by atoms with Gasteiger partial charge >= 0.3 is 0 Å². The lowest BCUT2D eigenvalue weighted by atomic mass is 9.78. The molecule has 0 spiro atoms. The molecule has 0 fully saturated rings. The van der Waals surface area contributed by atoms with E-state index in [1.807, 2.05) is 36.4 Å². The van der Waals surface area contributed by atoms with Gasteiger partial charge in [0.15, 0.2) is 0 Å². The summed E-state index contributed by atoms with van der Waals surface area (Å²) in [6, 6.07) is 17.5. The van der Waals surface area contributed by atoms with Crippen LogP contribution in [0.15, 0.2) is 36.4 Å². The third-order valence-corrected chi connectivity index (χ3v) is 3.41. The average Bonchev–Trinajstić information content (AvgIpc) is 2.29. The first kappa shape index (κ1) is 12.5. The van der Waals surface area contributed by atoms with E-state index < -0.39 is 0 Å². The maximum Gasteiger partial charge on any atom is 0.0487 e. The highest BCUT2D eigenvalue weighted by atomic mass is 35.5. The van der Waals surface area contributed by atoms with Crippen LogP contribution in [-0.2, 0) is 5.41 Å². The molecule has 0 N–H and O–H groups in total. The van der Waals surface area contributed by atoms with Crippen molar-refractivity contribution in [2.75, 3.05) is 0 Å². The van der Waals surface area contributed by atoms with E-state index >= 15 is 0 Å². The first-order valence-corrected chi connectivity index (χ1v) is 6.11. The highest BCUT2D eigenvalue weighted by Crippen LogP contribution is 2.33. The van der Waals surface area contributed by atoms with Gasteiger partial charge in [-0.3, -0.25) is 0 Å². The molecule has 0 unspecified atom stereocenters. The third-order valence-electron chi connectivity index (χ3n) is 2.98. The number of rotatable bonds is 2. The van der Waals surface area contributed by atoms with Crippen LogP contribution in [0.2, 0.25) is 10.0 Å². The molecule has 0 amide bonds. The fourth-order valence-corrected chi connectivity index (χ4v) is 2.18. The summed E-state index contributed by atoms with van der Waals surface area (Å²) in [7, 11) is 0. The summed E-state index contributed by atoms with van der Waals surface area (Å²) in [5, 5.41) is 1.26. The van der Waals surface area contributed by atoms with Crippen molar-refractivity contribution in [2.45, 2.75) is 19.3 Å². The second-order valence-electron chi connectivity index (χ2n) is 4.48. The minimum absolute atomic E-state index is 0.141. The van der Waals surface area contributed by atoms with Crippen molar-refractivity contribution >= 4 is 23.2 Å². The Morgan fingerprint density at radius 1 is 0.882 bits per heavy atom. The van der Waals surface area contributed by atoms with Crippen molar-refractivity contribution in [2.24, 2.45) is 0 Å². The third kappa shape index (κ3) is 2.65. The van der Waals surface area contributed by atoms with Gasteiger partial charge in [0.25, 0.3) is 0 Å². The topological polar surface area (TPSA) is 0 Å². The zero-order valence-electron chi connectivity index (χ0n) is 9.72. The lowest BCUT2D eigenvalue weighted by Crippen LogP contribution is -2.18. The summed E-state index contributed by atoms with van der Waals surface area (Å²) in [6.45, 7) is 4.29. The van der Waals surface area contributed by atoms with Crippen LogP contribution in [-0.4, -0.2) is 0 Å². The van der Waals surface area contributed by atoms with Crippen LogP contribution in [0, 0.1) is 12.1 Å². The van der Waals surface area contributed by atoms with E-state index in [1.165, 1.54) is 0 Å². The second-order valence-corrected chi connectivity index (χ2v) is 5.29. The van der Waals surface area contributed by atoms with Gasteiger partial charge in [0.05, 0.1) is 0 Å². The molecule has 17 heavy (non-hydrogen) atoms. The largest absolute Gasteiger partial charge is 0.0837 e. The van der Waals surface area contributed by atoms with Crippen LogP contribution < -0.4 is 0 Å². The van der Waals surface area contributed by atoms with E-state index in [1.54, 1.807) is 0 Å². The second kappa shape index (κ2) is 4.72. The SMILES string of the molecule is CC(C)(c1cc[c]c(Cl)c1)c1cc[c]c(Cl)c1. The van der Waals surface area contributed by atoms with Crippen molar-refractivity contribution in [1.82, 2.24) is 0 Å². The smallest absolute Gasteiger partial charge is 0.0487 e. The van der Waals surface area contributed by atoms with E-state index in [0.717, 1.165) is 11.1 Å². The van der Waals surface area contributed by atoms with E-state index in [0.29, 0.717) is 10.0 Å². The number of hydrogen-bond donors (Lipinski definition) is 0. The molecule has 0 nitrogen and oxygen atoms in total. The predicted molar refractivity (Wildman–Crippen MR) is 72.7 cm³/mol. The molecule has 0 heterocycles. The van der Waals surface area contributed by atoms with Crippen molar-refractivity contribution in [3.05, 3.63) is 69.7 Å². The quantitative estimate of drug-likeness (QED) is 0.721. The zero-order valence-corrected chi connectivity index (χ0v) is 11.2. The van der Waals surface area contributed by atoms with Gasteiger partial charge in [-0.15, -0.1) is 0 Å². The van der Waals surface area contributed by atoms with E-state index in [4.69, 9.17) is 23.2 Å². The Bertz CT molecular complexity index is 482. The average molecular weight is 263 g/mol. The van der Waals surface area contributed by atoms with Crippen LogP contribution in [0.1, 0.15) is 25.0 Å². The number of hydrogen-bond acceptors (Lipinski definition) is 0.